The number of para-hydroxylation sites is 1. The molecule has 0 saturated carbocycles. The second-order valence-corrected chi connectivity index (χ2v) is 7.18. The summed E-state index contributed by atoms with van der Waals surface area (Å²) in [5.41, 5.74) is 1.07. The maximum atomic E-state index is 5.61. The zero-order valence-corrected chi connectivity index (χ0v) is 15.7. The van der Waals surface area contributed by atoms with E-state index in [1.807, 2.05) is 25.1 Å². The smallest absolute Gasteiger partial charge is 0.232 e. The fourth-order valence-corrected chi connectivity index (χ4v) is 3.86. The Morgan fingerprint density at radius 3 is 2.46 bits per heavy atom. The summed E-state index contributed by atoms with van der Waals surface area (Å²) in [4.78, 5) is 2.33. The van der Waals surface area contributed by atoms with Crippen LogP contribution >= 0.6 is 11.8 Å². The van der Waals surface area contributed by atoms with Gasteiger partial charge in [-0.2, -0.15) is 0 Å². The molecule has 1 aliphatic rings. The third-order valence-corrected chi connectivity index (χ3v) is 5.32. The van der Waals surface area contributed by atoms with Crippen molar-refractivity contribution in [2.45, 2.75) is 43.5 Å². The first-order chi connectivity index (χ1) is 12.8. The average Bonchev–Trinajstić information content (AvgIpc) is 3.34. The van der Waals surface area contributed by atoms with Gasteiger partial charge in [-0.3, -0.25) is 4.57 Å². The zero-order valence-electron chi connectivity index (χ0n) is 14.8. The highest BCUT2D eigenvalue weighted by atomic mass is 32.2. The van der Waals surface area contributed by atoms with Gasteiger partial charge >= 0.3 is 0 Å². The van der Waals surface area contributed by atoms with Crippen LogP contribution in [-0.2, 0) is 12.2 Å². The molecule has 8 heteroatoms. The molecule has 0 atom stereocenters. The second-order valence-electron chi connectivity index (χ2n) is 6.23. The number of piperidine rings is 1. The monoisotopic (exact) mass is 370 g/mol. The Balaban J connectivity index is 1.62. The van der Waals surface area contributed by atoms with E-state index in [9.17, 15) is 0 Å². The standard InChI is InChI=1S/C18H22N6OS/c1-2-15-19-20-16(25-15)13-26-18-22-21-17(23-11-7-4-8-12-23)24(18)14-9-5-3-6-10-14/h3,5-6,9-10H,2,4,7-8,11-13H2,1H3. The Morgan fingerprint density at radius 2 is 1.73 bits per heavy atom. The van der Waals surface area contributed by atoms with E-state index >= 15 is 0 Å². The summed E-state index contributed by atoms with van der Waals surface area (Å²) in [7, 11) is 0. The minimum absolute atomic E-state index is 0.581. The van der Waals surface area contributed by atoms with Crippen molar-refractivity contribution in [3.8, 4) is 5.69 Å². The lowest BCUT2D eigenvalue weighted by Gasteiger charge is -2.27. The van der Waals surface area contributed by atoms with E-state index in [4.69, 9.17) is 4.42 Å². The highest BCUT2D eigenvalue weighted by Gasteiger charge is 2.22. The second kappa shape index (κ2) is 7.90. The van der Waals surface area contributed by atoms with E-state index in [2.05, 4.69) is 42.0 Å². The van der Waals surface area contributed by atoms with Gasteiger partial charge in [-0.25, -0.2) is 0 Å². The van der Waals surface area contributed by atoms with Crippen LogP contribution < -0.4 is 4.90 Å². The fourth-order valence-electron chi connectivity index (χ4n) is 3.07. The molecule has 3 heterocycles. The molecular weight excluding hydrogens is 348 g/mol. The summed E-state index contributed by atoms with van der Waals surface area (Å²) >= 11 is 1.57. The van der Waals surface area contributed by atoms with Gasteiger partial charge in [0.2, 0.25) is 17.7 Å². The molecule has 136 valence electrons. The molecule has 0 spiro atoms. The molecule has 0 N–H and O–H groups in total. The third-order valence-electron chi connectivity index (χ3n) is 4.41. The summed E-state index contributed by atoms with van der Waals surface area (Å²) in [6.45, 7) is 4.06. The van der Waals surface area contributed by atoms with Gasteiger partial charge < -0.3 is 9.32 Å². The molecule has 0 amide bonds. The first kappa shape index (κ1) is 17.1. The van der Waals surface area contributed by atoms with Crippen LogP contribution in [0.3, 0.4) is 0 Å². The van der Waals surface area contributed by atoms with Crippen LogP contribution in [0.2, 0.25) is 0 Å². The van der Waals surface area contributed by atoms with Crippen LogP contribution in [0, 0.1) is 0 Å². The third kappa shape index (κ3) is 3.60. The molecule has 2 aromatic heterocycles. The first-order valence-electron chi connectivity index (χ1n) is 9.05. The molecule has 4 rings (SSSR count). The molecular formula is C18H22N6OS. The lowest BCUT2D eigenvalue weighted by atomic mass is 10.1. The predicted molar refractivity (Wildman–Crippen MR) is 101 cm³/mol. The number of aromatic nitrogens is 5. The minimum atomic E-state index is 0.581. The van der Waals surface area contributed by atoms with Gasteiger partial charge in [-0.15, -0.1) is 20.4 Å². The van der Waals surface area contributed by atoms with Crippen LogP contribution in [0.15, 0.2) is 39.9 Å². The SMILES string of the molecule is CCc1nnc(CSc2nnc(N3CCCCC3)n2-c2ccccc2)o1. The van der Waals surface area contributed by atoms with Crippen molar-refractivity contribution in [2.75, 3.05) is 18.0 Å². The van der Waals surface area contributed by atoms with Gasteiger partial charge in [-0.1, -0.05) is 36.9 Å². The van der Waals surface area contributed by atoms with Crippen LogP contribution in [-0.4, -0.2) is 38.1 Å². The quantitative estimate of drug-likeness (QED) is 0.615. The van der Waals surface area contributed by atoms with Crippen molar-refractivity contribution in [1.82, 2.24) is 25.0 Å². The molecule has 0 unspecified atom stereocenters. The van der Waals surface area contributed by atoms with Crippen LogP contribution in [0.4, 0.5) is 5.95 Å². The average molecular weight is 370 g/mol. The van der Waals surface area contributed by atoms with E-state index in [0.717, 1.165) is 36.3 Å². The molecule has 1 saturated heterocycles. The normalized spacial score (nSPS) is 14.7. The number of hydrogen-bond acceptors (Lipinski definition) is 7. The van der Waals surface area contributed by atoms with Crippen LogP contribution in [0.25, 0.3) is 5.69 Å². The van der Waals surface area contributed by atoms with Crippen molar-refractivity contribution in [3.05, 3.63) is 42.1 Å². The number of benzene rings is 1. The van der Waals surface area contributed by atoms with Gasteiger partial charge in [-0.05, 0) is 31.4 Å². The largest absolute Gasteiger partial charge is 0.424 e. The molecule has 0 aliphatic carbocycles. The minimum Gasteiger partial charge on any atom is -0.424 e. The van der Waals surface area contributed by atoms with Gasteiger partial charge in [0.25, 0.3) is 0 Å². The number of anilines is 1. The first-order valence-corrected chi connectivity index (χ1v) is 10.0. The summed E-state index contributed by atoms with van der Waals surface area (Å²) in [6.07, 6.45) is 4.43. The molecule has 3 aromatic rings. The molecule has 0 radical (unpaired) electrons. The summed E-state index contributed by atoms with van der Waals surface area (Å²) < 4.78 is 7.74. The van der Waals surface area contributed by atoms with Crippen molar-refractivity contribution in [3.63, 3.8) is 0 Å². The summed E-state index contributed by atoms with van der Waals surface area (Å²) in [6, 6.07) is 10.3. The molecule has 26 heavy (non-hydrogen) atoms. The maximum Gasteiger partial charge on any atom is 0.232 e. The summed E-state index contributed by atoms with van der Waals surface area (Å²) in [5.74, 6) is 2.78. The Kier molecular flexibility index (Phi) is 5.19. The number of rotatable bonds is 6. The maximum absolute atomic E-state index is 5.61. The van der Waals surface area contributed by atoms with Gasteiger partial charge in [0, 0.05) is 19.5 Å². The Hall–Kier alpha value is -2.35. The summed E-state index contributed by atoms with van der Waals surface area (Å²) in [5, 5.41) is 17.9. The van der Waals surface area contributed by atoms with Crippen molar-refractivity contribution < 1.29 is 4.42 Å². The highest BCUT2D eigenvalue weighted by molar-refractivity contribution is 7.98. The number of nitrogens with zero attached hydrogens (tertiary/aromatic N) is 6. The van der Waals surface area contributed by atoms with Gasteiger partial charge in [0.15, 0.2) is 5.16 Å². The van der Waals surface area contributed by atoms with E-state index in [-0.39, 0.29) is 0 Å². The van der Waals surface area contributed by atoms with Gasteiger partial charge in [0.1, 0.15) is 0 Å². The molecule has 7 nitrogen and oxygen atoms in total. The Labute approximate surface area is 156 Å². The highest BCUT2D eigenvalue weighted by Crippen LogP contribution is 2.29. The molecule has 1 aromatic carbocycles. The number of aryl methyl sites for hydroxylation is 1. The number of thioether (sulfide) groups is 1. The predicted octanol–water partition coefficient (Wildman–Crippen LogP) is 3.50. The molecule has 1 aliphatic heterocycles. The zero-order chi connectivity index (χ0) is 17.8. The van der Waals surface area contributed by atoms with E-state index in [1.165, 1.54) is 19.3 Å². The van der Waals surface area contributed by atoms with E-state index in [0.29, 0.717) is 17.5 Å². The Bertz CT molecular complexity index is 841. The van der Waals surface area contributed by atoms with Crippen molar-refractivity contribution in [2.24, 2.45) is 0 Å². The molecule has 1 fully saturated rings. The van der Waals surface area contributed by atoms with Crippen LogP contribution in [0.1, 0.15) is 38.0 Å². The Morgan fingerprint density at radius 1 is 0.962 bits per heavy atom. The molecule has 0 bridgehead atoms. The van der Waals surface area contributed by atoms with E-state index < -0.39 is 0 Å². The van der Waals surface area contributed by atoms with E-state index in [1.54, 1.807) is 11.8 Å². The van der Waals surface area contributed by atoms with Gasteiger partial charge in [0.05, 0.1) is 11.4 Å². The van der Waals surface area contributed by atoms with Crippen molar-refractivity contribution in [1.29, 1.82) is 0 Å². The topological polar surface area (TPSA) is 72.9 Å². The van der Waals surface area contributed by atoms with Crippen LogP contribution in [0.5, 0.6) is 0 Å². The lowest BCUT2D eigenvalue weighted by molar-refractivity contribution is 0.470. The fraction of sp³-hybridized carbons (Fsp3) is 0.444. The number of hydrogen-bond donors (Lipinski definition) is 0. The van der Waals surface area contributed by atoms with Crippen molar-refractivity contribution >= 4 is 17.7 Å². The lowest BCUT2D eigenvalue weighted by Crippen LogP contribution is -2.31.